The Morgan fingerprint density at radius 2 is 1.84 bits per heavy atom. The molecule has 0 aliphatic rings. The van der Waals surface area contributed by atoms with Gasteiger partial charge in [-0.2, -0.15) is 13.2 Å². The van der Waals surface area contributed by atoms with Gasteiger partial charge in [0.1, 0.15) is 0 Å². The lowest BCUT2D eigenvalue weighted by molar-refractivity contribution is -0.137. The molecular weight excluding hydrogens is 359 g/mol. The number of aromatic hydroxyl groups is 1. The van der Waals surface area contributed by atoms with Gasteiger partial charge in [0.05, 0.1) is 5.56 Å². The molecule has 1 heterocycles. The zero-order valence-electron chi connectivity index (χ0n) is 12.3. The molecule has 2 N–H and O–H groups in total. The Hall–Kier alpha value is -2.87. The van der Waals surface area contributed by atoms with Crippen LogP contribution in [0.2, 0.25) is 5.15 Å². The molecule has 0 bridgehead atoms. The van der Waals surface area contributed by atoms with E-state index in [9.17, 15) is 23.1 Å². The summed E-state index contributed by atoms with van der Waals surface area (Å²) in [6.45, 7) is 0. The van der Waals surface area contributed by atoms with Gasteiger partial charge >= 0.3 is 6.18 Å². The number of fused-ring (bicyclic) bond motifs is 1. The van der Waals surface area contributed by atoms with Gasteiger partial charge in [0.15, 0.2) is 5.15 Å². The highest BCUT2D eigenvalue weighted by Crippen LogP contribution is 2.31. The molecule has 0 radical (unpaired) electrons. The molecular formula is C16H9ClF3N3O2. The molecule has 3 aromatic rings. The summed E-state index contributed by atoms with van der Waals surface area (Å²) in [6.07, 6.45) is -4.51. The number of hydrogen-bond acceptors (Lipinski definition) is 4. The molecule has 2 aromatic carbocycles. The first kappa shape index (κ1) is 17.0. The maximum Gasteiger partial charge on any atom is 0.416 e. The van der Waals surface area contributed by atoms with E-state index < -0.39 is 23.5 Å². The van der Waals surface area contributed by atoms with Crippen molar-refractivity contribution < 1.29 is 23.1 Å². The fourth-order valence-electron chi connectivity index (χ4n) is 2.23. The van der Waals surface area contributed by atoms with E-state index in [2.05, 4.69) is 15.5 Å². The van der Waals surface area contributed by atoms with Gasteiger partial charge < -0.3 is 10.4 Å². The number of halogens is 4. The molecule has 25 heavy (non-hydrogen) atoms. The Kier molecular flexibility index (Phi) is 4.22. The highest BCUT2D eigenvalue weighted by molar-refractivity contribution is 6.34. The SMILES string of the molecule is O=C(Nc1cccc(C(F)(F)F)c1)c1ccc2c(Cl)nnc(O)c2c1. The van der Waals surface area contributed by atoms with Crippen LogP contribution in [0.4, 0.5) is 18.9 Å². The molecule has 0 atom stereocenters. The Labute approximate surface area is 144 Å². The number of benzene rings is 2. The molecule has 0 unspecified atom stereocenters. The fraction of sp³-hybridized carbons (Fsp3) is 0.0625. The highest BCUT2D eigenvalue weighted by atomic mass is 35.5. The molecule has 0 saturated heterocycles. The van der Waals surface area contributed by atoms with Crippen molar-refractivity contribution in [3.8, 4) is 5.88 Å². The predicted octanol–water partition coefficient (Wildman–Crippen LogP) is 4.26. The van der Waals surface area contributed by atoms with Crippen LogP contribution in [0.25, 0.3) is 10.8 Å². The van der Waals surface area contributed by atoms with Crippen molar-refractivity contribution in [2.45, 2.75) is 6.18 Å². The molecule has 5 nitrogen and oxygen atoms in total. The van der Waals surface area contributed by atoms with Crippen LogP contribution < -0.4 is 5.32 Å². The second kappa shape index (κ2) is 6.21. The van der Waals surface area contributed by atoms with E-state index in [0.29, 0.717) is 5.39 Å². The first-order chi connectivity index (χ1) is 11.8. The van der Waals surface area contributed by atoms with Crippen LogP contribution in [-0.2, 0) is 6.18 Å². The van der Waals surface area contributed by atoms with Crippen molar-refractivity contribution in [1.82, 2.24) is 10.2 Å². The predicted molar refractivity (Wildman–Crippen MR) is 85.6 cm³/mol. The summed E-state index contributed by atoms with van der Waals surface area (Å²) in [7, 11) is 0. The summed E-state index contributed by atoms with van der Waals surface area (Å²) in [5, 5.41) is 19.7. The first-order valence-electron chi connectivity index (χ1n) is 6.89. The van der Waals surface area contributed by atoms with Crippen molar-refractivity contribution >= 4 is 34.0 Å². The van der Waals surface area contributed by atoms with E-state index >= 15 is 0 Å². The molecule has 0 fully saturated rings. The molecule has 0 aliphatic heterocycles. The van der Waals surface area contributed by atoms with Crippen molar-refractivity contribution in [2.24, 2.45) is 0 Å². The number of carbonyl (C=O) groups is 1. The Morgan fingerprint density at radius 3 is 2.56 bits per heavy atom. The van der Waals surface area contributed by atoms with Gasteiger partial charge in [-0.05, 0) is 30.3 Å². The van der Waals surface area contributed by atoms with Gasteiger partial charge in [-0.3, -0.25) is 4.79 Å². The van der Waals surface area contributed by atoms with Gasteiger partial charge in [-0.15, -0.1) is 10.2 Å². The second-order valence-electron chi connectivity index (χ2n) is 5.11. The van der Waals surface area contributed by atoms with E-state index in [1.54, 1.807) is 0 Å². The minimum Gasteiger partial charge on any atom is -0.492 e. The number of hydrogen-bond donors (Lipinski definition) is 2. The molecule has 0 aliphatic carbocycles. The third kappa shape index (κ3) is 3.48. The topological polar surface area (TPSA) is 75.1 Å². The number of nitrogens with one attached hydrogen (secondary N) is 1. The largest absolute Gasteiger partial charge is 0.492 e. The van der Waals surface area contributed by atoms with E-state index in [4.69, 9.17) is 11.6 Å². The Morgan fingerprint density at radius 1 is 1.08 bits per heavy atom. The average Bonchev–Trinajstić information content (AvgIpc) is 2.57. The molecule has 1 amide bonds. The van der Waals surface area contributed by atoms with E-state index in [-0.39, 0.29) is 21.8 Å². The number of amides is 1. The Bertz CT molecular complexity index is 976. The lowest BCUT2D eigenvalue weighted by Gasteiger charge is -2.10. The molecule has 3 rings (SSSR count). The van der Waals surface area contributed by atoms with Gasteiger partial charge in [0, 0.05) is 22.0 Å². The van der Waals surface area contributed by atoms with Crippen LogP contribution in [-0.4, -0.2) is 21.2 Å². The van der Waals surface area contributed by atoms with Crippen molar-refractivity contribution in [3.63, 3.8) is 0 Å². The minimum atomic E-state index is -4.51. The van der Waals surface area contributed by atoms with Crippen LogP contribution >= 0.6 is 11.6 Å². The Balaban J connectivity index is 1.92. The summed E-state index contributed by atoms with van der Waals surface area (Å²) in [5.41, 5.74) is -0.761. The number of aromatic nitrogens is 2. The van der Waals surface area contributed by atoms with Crippen LogP contribution in [0.15, 0.2) is 42.5 Å². The third-order valence-electron chi connectivity index (χ3n) is 3.43. The highest BCUT2D eigenvalue weighted by Gasteiger charge is 2.30. The maximum absolute atomic E-state index is 12.7. The zero-order valence-corrected chi connectivity index (χ0v) is 13.1. The van der Waals surface area contributed by atoms with E-state index in [1.165, 1.54) is 30.3 Å². The monoisotopic (exact) mass is 367 g/mol. The standard InChI is InChI=1S/C16H9ClF3N3O2/c17-13-11-5-4-8(6-12(11)15(25)23-22-13)14(24)21-10-3-1-2-9(7-10)16(18,19)20/h1-7H,(H,21,24)(H,23,25). The molecule has 1 aromatic heterocycles. The number of alkyl halides is 3. The number of rotatable bonds is 2. The summed E-state index contributed by atoms with van der Waals surface area (Å²) in [6, 6.07) is 8.48. The maximum atomic E-state index is 12.7. The number of carbonyl (C=O) groups excluding carboxylic acids is 1. The van der Waals surface area contributed by atoms with Gasteiger partial charge in [0.25, 0.3) is 5.91 Å². The average molecular weight is 368 g/mol. The van der Waals surface area contributed by atoms with Crippen LogP contribution in [0.3, 0.4) is 0 Å². The van der Waals surface area contributed by atoms with Gasteiger partial charge in [0.2, 0.25) is 5.88 Å². The molecule has 128 valence electrons. The van der Waals surface area contributed by atoms with Gasteiger partial charge in [-0.25, -0.2) is 0 Å². The third-order valence-corrected chi connectivity index (χ3v) is 3.70. The lowest BCUT2D eigenvalue weighted by atomic mass is 10.1. The minimum absolute atomic E-state index is 0.00460. The number of nitrogens with zero attached hydrogens (tertiary/aromatic N) is 2. The van der Waals surface area contributed by atoms with Crippen LogP contribution in [0, 0.1) is 0 Å². The van der Waals surface area contributed by atoms with Crippen molar-refractivity contribution in [2.75, 3.05) is 5.32 Å². The van der Waals surface area contributed by atoms with E-state index in [0.717, 1.165) is 12.1 Å². The van der Waals surface area contributed by atoms with Crippen molar-refractivity contribution in [3.05, 3.63) is 58.7 Å². The van der Waals surface area contributed by atoms with E-state index in [1.807, 2.05) is 0 Å². The molecule has 9 heteroatoms. The fourth-order valence-corrected chi connectivity index (χ4v) is 2.43. The summed E-state index contributed by atoms with van der Waals surface area (Å²) in [5.74, 6) is -1.05. The van der Waals surface area contributed by atoms with Crippen LogP contribution in [0.5, 0.6) is 5.88 Å². The number of anilines is 1. The van der Waals surface area contributed by atoms with Gasteiger partial charge in [-0.1, -0.05) is 23.7 Å². The summed E-state index contributed by atoms with van der Waals surface area (Å²) in [4.78, 5) is 12.3. The van der Waals surface area contributed by atoms with Crippen LogP contribution in [0.1, 0.15) is 15.9 Å². The molecule has 0 saturated carbocycles. The quantitative estimate of drug-likeness (QED) is 0.709. The zero-order chi connectivity index (χ0) is 18.2. The summed E-state index contributed by atoms with van der Waals surface area (Å²) < 4.78 is 38.2. The lowest BCUT2D eigenvalue weighted by Crippen LogP contribution is -2.13. The smallest absolute Gasteiger partial charge is 0.416 e. The normalized spacial score (nSPS) is 11.5. The second-order valence-corrected chi connectivity index (χ2v) is 5.47. The molecule has 0 spiro atoms. The first-order valence-corrected chi connectivity index (χ1v) is 7.27. The van der Waals surface area contributed by atoms with Crippen molar-refractivity contribution in [1.29, 1.82) is 0 Å². The summed E-state index contributed by atoms with van der Waals surface area (Å²) >= 11 is 5.86.